The molecule has 0 amide bonds. The summed E-state index contributed by atoms with van der Waals surface area (Å²) in [6.07, 6.45) is -5.39. The molecule has 1 saturated heterocycles. The van der Waals surface area contributed by atoms with Crippen LogP contribution in [0.1, 0.15) is 18.0 Å². The monoisotopic (exact) mass is 354 g/mol. The van der Waals surface area contributed by atoms with Gasteiger partial charge < -0.3 is 5.32 Å². The molecule has 1 heterocycles. The molecule has 0 bridgehead atoms. The predicted octanol–water partition coefficient (Wildman–Crippen LogP) is 3.49. The Hall–Kier alpha value is -0.660. The van der Waals surface area contributed by atoms with E-state index in [0.717, 1.165) is 0 Å². The van der Waals surface area contributed by atoms with E-state index >= 15 is 0 Å². The van der Waals surface area contributed by atoms with Crippen LogP contribution in [-0.2, 0) is 0 Å². The van der Waals surface area contributed by atoms with E-state index in [2.05, 4.69) is 21.2 Å². The highest BCUT2D eigenvalue weighted by atomic mass is 79.9. The number of halogens is 5. The van der Waals surface area contributed by atoms with Crippen LogP contribution in [0.2, 0.25) is 0 Å². The fourth-order valence-electron chi connectivity index (χ4n) is 2.46. The fourth-order valence-corrected chi connectivity index (χ4v) is 3.06. The minimum atomic E-state index is -4.34. The van der Waals surface area contributed by atoms with Crippen LogP contribution >= 0.6 is 15.9 Å². The van der Waals surface area contributed by atoms with Crippen LogP contribution in [0.4, 0.5) is 17.6 Å². The zero-order chi connectivity index (χ0) is 14.8. The lowest BCUT2D eigenvalue weighted by Crippen LogP contribution is -2.46. The normalized spacial score (nSPS) is 19.1. The van der Waals surface area contributed by atoms with Gasteiger partial charge in [0.2, 0.25) is 0 Å². The van der Waals surface area contributed by atoms with Gasteiger partial charge in [-0.15, -0.1) is 0 Å². The van der Waals surface area contributed by atoms with Crippen LogP contribution < -0.4 is 5.32 Å². The highest BCUT2D eigenvalue weighted by Gasteiger charge is 2.37. The van der Waals surface area contributed by atoms with Gasteiger partial charge in [-0.25, -0.2) is 4.39 Å². The second-order valence-corrected chi connectivity index (χ2v) is 5.61. The molecule has 2 nitrogen and oxygen atoms in total. The van der Waals surface area contributed by atoms with Crippen molar-refractivity contribution in [2.75, 3.05) is 26.2 Å². The molecule has 0 aliphatic carbocycles. The standard InChI is InChI=1S/C13H15BrF4N2/c14-9-2-1-3-10(15)12(9)11(8-13(16,17)18)20-6-4-19-5-7-20/h1-3,11,19H,4-8H2/t11-/m0/s1. The van der Waals surface area contributed by atoms with Gasteiger partial charge in [0.25, 0.3) is 0 Å². The molecule has 7 heteroatoms. The molecule has 20 heavy (non-hydrogen) atoms. The molecule has 2 rings (SSSR count). The Labute approximate surface area is 123 Å². The number of alkyl halides is 3. The van der Waals surface area contributed by atoms with Gasteiger partial charge in [0.05, 0.1) is 6.42 Å². The highest BCUT2D eigenvalue weighted by Crippen LogP contribution is 2.38. The third-order valence-electron chi connectivity index (χ3n) is 3.35. The lowest BCUT2D eigenvalue weighted by atomic mass is 10.00. The van der Waals surface area contributed by atoms with Crippen molar-refractivity contribution in [3.05, 3.63) is 34.1 Å². The molecular weight excluding hydrogens is 340 g/mol. The molecule has 1 N–H and O–H groups in total. The summed E-state index contributed by atoms with van der Waals surface area (Å²) in [6, 6.07) is 3.26. The largest absolute Gasteiger partial charge is 0.390 e. The Balaban J connectivity index is 2.34. The van der Waals surface area contributed by atoms with E-state index in [-0.39, 0.29) is 5.56 Å². The smallest absolute Gasteiger partial charge is 0.314 e. The third kappa shape index (κ3) is 3.93. The van der Waals surface area contributed by atoms with Crippen LogP contribution in [-0.4, -0.2) is 37.3 Å². The third-order valence-corrected chi connectivity index (χ3v) is 4.04. The summed E-state index contributed by atoms with van der Waals surface area (Å²) in [5, 5.41) is 3.08. The van der Waals surface area contributed by atoms with Gasteiger partial charge >= 0.3 is 6.18 Å². The van der Waals surface area contributed by atoms with E-state index in [1.165, 1.54) is 12.1 Å². The van der Waals surface area contributed by atoms with Gasteiger partial charge in [-0.3, -0.25) is 4.90 Å². The second-order valence-electron chi connectivity index (χ2n) is 4.76. The maximum atomic E-state index is 14.0. The summed E-state index contributed by atoms with van der Waals surface area (Å²) in [6.45, 7) is 2.17. The molecule has 0 radical (unpaired) electrons. The maximum Gasteiger partial charge on any atom is 0.390 e. The van der Waals surface area contributed by atoms with Crippen molar-refractivity contribution in [2.24, 2.45) is 0 Å². The first-order valence-electron chi connectivity index (χ1n) is 6.34. The van der Waals surface area contributed by atoms with Gasteiger partial charge in [-0.05, 0) is 12.1 Å². The molecule has 1 fully saturated rings. The topological polar surface area (TPSA) is 15.3 Å². The van der Waals surface area contributed by atoms with Gasteiger partial charge in [-0.1, -0.05) is 22.0 Å². The molecular formula is C13H15BrF4N2. The van der Waals surface area contributed by atoms with Crippen LogP contribution in [0, 0.1) is 5.82 Å². The Morgan fingerprint density at radius 2 is 1.90 bits per heavy atom. The van der Waals surface area contributed by atoms with Crippen molar-refractivity contribution >= 4 is 15.9 Å². The van der Waals surface area contributed by atoms with Crippen LogP contribution in [0.15, 0.2) is 22.7 Å². The Kier molecular flexibility index (Phi) is 5.04. The van der Waals surface area contributed by atoms with Gasteiger partial charge in [0.15, 0.2) is 0 Å². The molecule has 0 unspecified atom stereocenters. The molecule has 1 aromatic rings. The van der Waals surface area contributed by atoms with Crippen LogP contribution in [0.25, 0.3) is 0 Å². The Bertz CT molecular complexity index is 438. The van der Waals surface area contributed by atoms with Gasteiger partial charge in [-0.2, -0.15) is 13.2 Å². The highest BCUT2D eigenvalue weighted by molar-refractivity contribution is 9.10. The number of rotatable bonds is 3. The summed E-state index contributed by atoms with van der Waals surface area (Å²) in [4.78, 5) is 1.69. The first-order chi connectivity index (χ1) is 9.38. The van der Waals surface area contributed by atoms with Crippen molar-refractivity contribution in [3.8, 4) is 0 Å². The molecule has 1 aliphatic rings. The molecule has 0 saturated carbocycles. The molecule has 0 spiro atoms. The quantitative estimate of drug-likeness (QED) is 0.836. The van der Waals surface area contributed by atoms with Crippen molar-refractivity contribution < 1.29 is 17.6 Å². The zero-order valence-corrected chi connectivity index (χ0v) is 12.3. The molecule has 1 aromatic carbocycles. The Morgan fingerprint density at radius 3 is 2.45 bits per heavy atom. The molecule has 0 aromatic heterocycles. The lowest BCUT2D eigenvalue weighted by Gasteiger charge is -2.36. The summed E-state index contributed by atoms with van der Waals surface area (Å²) >= 11 is 3.17. The zero-order valence-electron chi connectivity index (χ0n) is 10.7. The van der Waals surface area contributed by atoms with Crippen molar-refractivity contribution in [1.29, 1.82) is 0 Å². The second kappa shape index (κ2) is 6.41. The minimum Gasteiger partial charge on any atom is -0.314 e. The number of hydrogen-bond acceptors (Lipinski definition) is 2. The maximum absolute atomic E-state index is 14.0. The van der Waals surface area contributed by atoms with Crippen LogP contribution in [0.5, 0.6) is 0 Å². The number of nitrogens with zero attached hydrogens (tertiary/aromatic N) is 1. The summed E-state index contributed by atoms with van der Waals surface area (Å²) in [5.74, 6) is -0.604. The molecule has 1 aliphatic heterocycles. The number of benzene rings is 1. The van der Waals surface area contributed by atoms with E-state index in [1.807, 2.05) is 0 Å². The molecule has 1 atom stereocenters. The van der Waals surface area contributed by atoms with E-state index in [0.29, 0.717) is 30.7 Å². The SMILES string of the molecule is Fc1cccc(Br)c1[C@H](CC(F)(F)F)N1CCNCC1. The lowest BCUT2D eigenvalue weighted by molar-refractivity contribution is -0.149. The van der Waals surface area contributed by atoms with E-state index < -0.39 is 24.5 Å². The van der Waals surface area contributed by atoms with Crippen molar-refractivity contribution in [2.45, 2.75) is 18.6 Å². The van der Waals surface area contributed by atoms with Crippen molar-refractivity contribution in [3.63, 3.8) is 0 Å². The summed E-state index contributed by atoms with van der Waals surface area (Å²) in [7, 11) is 0. The van der Waals surface area contributed by atoms with Crippen molar-refractivity contribution in [1.82, 2.24) is 10.2 Å². The van der Waals surface area contributed by atoms with E-state index in [9.17, 15) is 17.6 Å². The fraction of sp³-hybridized carbons (Fsp3) is 0.538. The van der Waals surface area contributed by atoms with Crippen LogP contribution in [0.3, 0.4) is 0 Å². The molecule has 112 valence electrons. The minimum absolute atomic E-state index is 0.0896. The Morgan fingerprint density at radius 1 is 1.25 bits per heavy atom. The number of nitrogens with one attached hydrogen (secondary N) is 1. The first kappa shape index (κ1) is 15.7. The summed E-state index contributed by atoms with van der Waals surface area (Å²) in [5.41, 5.74) is 0.0896. The van der Waals surface area contributed by atoms with Gasteiger partial charge in [0.1, 0.15) is 5.82 Å². The van der Waals surface area contributed by atoms with E-state index in [1.54, 1.807) is 11.0 Å². The van der Waals surface area contributed by atoms with Gasteiger partial charge in [0, 0.05) is 42.3 Å². The van der Waals surface area contributed by atoms with E-state index in [4.69, 9.17) is 0 Å². The average Bonchev–Trinajstić information content (AvgIpc) is 2.37. The summed E-state index contributed by atoms with van der Waals surface area (Å²) < 4.78 is 52.9. The predicted molar refractivity (Wildman–Crippen MR) is 72.0 cm³/mol. The number of hydrogen-bond donors (Lipinski definition) is 1. The average molecular weight is 355 g/mol. The first-order valence-corrected chi connectivity index (χ1v) is 7.13. The number of piperazine rings is 1.